The van der Waals surface area contributed by atoms with Gasteiger partial charge in [0.25, 0.3) is 0 Å². The Hall–Kier alpha value is -1.16. The van der Waals surface area contributed by atoms with Gasteiger partial charge in [-0.3, -0.25) is 4.79 Å². The van der Waals surface area contributed by atoms with Crippen LogP contribution in [-0.2, 0) is 9.59 Å². The fraction of sp³-hybridized carbons (Fsp3) is 0.692. The lowest BCUT2D eigenvalue weighted by atomic mass is 9.92. The number of rotatable bonds is 6. The maximum Gasteiger partial charge on any atom is 0.215 e. The highest BCUT2D eigenvalue weighted by atomic mass is 16.4. The first kappa shape index (κ1) is 15.8. The molecule has 0 rings (SSSR count). The van der Waals surface area contributed by atoms with Gasteiger partial charge in [-0.05, 0) is 26.3 Å². The molecule has 0 N–H and O–H groups in total. The summed E-state index contributed by atoms with van der Waals surface area (Å²) in [7, 11) is 3.48. The fourth-order valence-electron chi connectivity index (χ4n) is 1.84. The molecule has 0 fully saturated rings. The third kappa shape index (κ3) is 2.75. The van der Waals surface area contributed by atoms with Crippen LogP contribution < -0.4 is 5.11 Å². The Morgan fingerprint density at radius 1 is 1.35 bits per heavy atom. The van der Waals surface area contributed by atoms with Crippen LogP contribution in [0.2, 0.25) is 0 Å². The lowest BCUT2D eigenvalue weighted by Gasteiger charge is -2.49. The molecule has 4 heteroatoms. The summed E-state index contributed by atoms with van der Waals surface area (Å²) < 4.78 is 0.0531. The lowest BCUT2D eigenvalue weighted by Crippen LogP contribution is -2.69. The van der Waals surface area contributed by atoms with Crippen molar-refractivity contribution in [1.29, 1.82) is 0 Å². The van der Waals surface area contributed by atoms with Gasteiger partial charge in [0.15, 0.2) is 6.04 Å². The zero-order valence-electron chi connectivity index (χ0n) is 11.7. The lowest BCUT2D eigenvalue weighted by molar-refractivity contribution is -0.944. The van der Waals surface area contributed by atoms with E-state index in [9.17, 15) is 14.7 Å². The molecule has 0 bridgehead atoms. The zero-order chi connectivity index (χ0) is 14.0. The number of hydrogen-bond donors (Lipinski definition) is 0. The van der Waals surface area contributed by atoms with Crippen LogP contribution in [0.15, 0.2) is 12.2 Å². The Labute approximate surface area is 104 Å². The van der Waals surface area contributed by atoms with Gasteiger partial charge in [0, 0.05) is 6.42 Å². The van der Waals surface area contributed by atoms with Crippen LogP contribution in [0.3, 0.4) is 0 Å². The largest absolute Gasteiger partial charge is 0.544 e. The van der Waals surface area contributed by atoms with Crippen LogP contribution in [0.1, 0.15) is 34.1 Å². The number of Topliss-reactive ketones (excluding diaryl/α,β-unsaturated/α-hetero) is 1. The van der Waals surface area contributed by atoms with Crippen molar-refractivity contribution in [2.75, 3.05) is 14.1 Å². The standard InChI is InChI=1S/C13H23NO3/c1-8-10(11(15)9(2)3)14(6,7)13(4,5)12(16)17/h10H,2,8H2,1,3-7H3. The minimum atomic E-state index is -1.16. The Kier molecular flexibility index (Phi) is 4.66. The molecular formula is C13H23NO3. The van der Waals surface area contributed by atoms with E-state index < -0.39 is 17.6 Å². The summed E-state index contributed by atoms with van der Waals surface area (Å²) in [4.78, 5) is 23.3. The minimum Gasteiger partial charge on any atom is -0.544 e. The second-order valence-electron chi connectivity index (χ2n) is 5.46. The molecular weight excluding hydrogens is 218 g/mol. The molecule has 1 atom stereocenters. The zero-order valence-corrected chi connectivity index (χ0v) is 11.7. The third-order valence-corrected chi connectivity index (χ3v) is 3.83. The number of ketones is 1. The molecule has 17 heavy (non-hydrogen) atoms. The molecule has 98 valence electrons. The Morgan fingerprint density at radius 3 is 2.00 bits per heavy atom. The van der Waals surface area contributed by atoms with Crippen LogP contribution in [-0.4, -0.2) is 41.9 Å². The molecule has 0 heterocycles. The molecule has 0 aliphatic carbocycles. The minimum absolute atomic E-state index is 0.0531. The van der Waals surface area contributed by atoms with Crippen LogP contribution in [0.4, 0.5) is 0 Å². The van der Waals surface area contributed by atoms with Gasteiger partial charge in [-0.25, -0.2) is 0 Å². The van der Waals surface area contributed by atoms with Gasteiger partial charge in [0.05, 0.1) is 14.1 Å². The van der Waals surface area contributed by atoms with Gasteiger partial charge >= 0.3 is 0 Å². The first-order valence-corrected chi connectivity index (χ1v) is 5.75. The summed E-state index contributed by atoms with van der Waals surface area (Å²) in [6.45, 7) is 10.3. The number of hydrogen-bond acceptors (Lipinski definition) is 3. The Morgan fingerprint density at radius 2 is 1.76 bits per heavy atom. The second-order valence-corrected chi connectivity index (χ2v) is 5.46. The van der Waals surface area contributed by atoms with Gasteiger partial charge in [-0.1, -0.05) is 13.5 Å². The highest BCUT2D eigenvalue weighted by molar-refractivity contribution is 5.97. The third-order valence-electron chi connectivity index (χ3n) is 3.83. The SMILES string of the molecule is C=C(C)C(=O)C(CC)[N+](C)(C)C(C)(C)C(=O)[O-]. The van der Waals surface area contributed by atoms with Crippen molar-refractivity contribution < 1.29 is 19.2 Å². The fourth-order valence-corrected chi connectivity index (χ4v) is 1.84. The summed E-state index contributed by atoms with van der Waals surface area (Å²) in [6.07, 6.45) is 0.565. The van der Waals surface area contributed by atoms with E-state index in [0.717, 1.165) is 0 Å². The molecule has 0 saturated carbocycles. The molecule has 0 aromatic rings. The number of carbonyl (C=O) groups is 2. The summed E-state index contributed by atoms with van der Waals surface area (Å²) in [5.41, 5.74) is -0.677. The van der Waals surface area contributed by atoms with E-state index >= 15 is 0 Å². The highest BCUT2D eigenvalue weighted by Gasteiger charge is 2.46. The van der Waals surface area contributed by atoms with E-state index in [0.29, 0.717) is 12.0 Å². The van der Waals surface area contributed by atoms with Crippen LogP contribution in [0.5, 0.6) is 0 Å². The number of carboxylic acids is 1. The van der Waals surface area contributed by atoms with E-state index in [-0.39, 0.29) is 10.3 Å². The van der Waals surface area contributed by atoms with Crippen molar-refractivity contribution in [1.82, 2.24) is 0 Å². The van der Waals surface area contributed by atoms with Crippen molar-refractivity contribution in [2.45, 2.75) is 45.7 Å². The van der Waals surface area contributed by atoms with E-state index in [1.165, 1.54) is 0 Å². The van der Waals surface area contributed by atoms with Gasteiger partial charge < -0.3 is 14.4 Å². The van der Waals surface area contributed by atoms with Crippen molar-refractivity contribution in [3.05, 3.63) is 12.2 Å². The number of carboxylic acid groups (broad SMARTS) is 1. The number of aliphatic carboxylic acids is 1. The Bertz CT molecular complexity index is 343. The molecule has 0 aromatic carbocycles. The average Bonchev–Trinajstić information content (AvgIpc) is 2.17. The topological polar surface area (TPSA) is 57.2 Å². The molecule has 0 aromatic heterocycles. The normalized spacial score (nSPS) is 14.2. The number of likely N-dealkylation sites (N-methyl/N-ethyl adjacent to an activating group) is 1. The monoisotopic (exact) mass is 241 g/mol. The molecule has 1 unspecified atom stereocenters. The number of nitrogens with zero attached hydrogens (tertiary/aromatic N) is 1. The summed E-state index contributed by atoms with van der Waals surface area (Å²) >= 11 is 0. The molecule has 0 amide bonds. The summed E-state index contributed by atoms with van der Waals surface area (Å²) in [6, 6.07) is -0.416. The molecule has 0 radical (unpaired) electrons. The molecule has 0 saturated heterocycles. The first-order valence-electron chi connectivity index (χ1n) is 5.75. The quantitative estimate of drug-likeness (QED) is 0.503. The first-order chi connectivity index (χ1) is 7.50. The van der Waals surface area contributed by atoms with Gasteiger partial charge in [-0.15, -0.1) is 0 Å². The molecule has 0 spiro atoms. The average molecular weight is 241 g/mol. The Balaban J connectivity index is 5.48. The smallest absolute Gasteiger partial charge is 0.215 e. The van der Waals surface area contributed by atoms with E-state index in [4.69, 9.17) is 0 Å². The predicted molar refractivity (Wildman–Crippen MR) is 65.1 cm³/mol. The summed E-state index contributed by atoms with van der Waals surface area (Å²) in [5, 5.41) is 11.2. The molecule has 4 nitrogen and oxygen atoms in total. The van der Waals surface area contributed by atoms with Gasteiger partial charge in [-0.2, -0.15) is 0 Å². The van der Waals surface area contributed by atoms with Gasteiger partial charge in [0.1, 0.15) is 11.5 Å². The molecule has 0 aliphatic rings. The van der Waals surface area contributed by atoms with Gasteiger partial charge in [0.2, 0.25) is 5.78 Å². The van der Waals surface area contributed by atoms with Crippen LogP contribution >= 0.6 is 0 Å². The van der Waals surface area contributed by atoms with Crippen molar-refractivity contribution in [2.24, 2.45) is 0 Å². The van der Waals surface area contributed by atoms with Crippen molar-refractivity contribution in [3.63, 3.8) is 0 Å². The summed E-state index contributed by atoms with van der Waals surface area (Å²) in [5.74, 6) is -1.25. The second kappa shape index (κ2) is 5.00. The van der Waals surface area contributed by atoms with Crippen molar-refractivity contribution >= 4 is 11.8 Å². The molecule has 0 aliphatic heterocycles. The van der Waals surface area contributed by atoms with E-state index in [2.05, 4.69) is 6.58 Å². The predicted octanol–water partition coefficient (Wildman–Crippen LogP) is 0.515. The van der Waals surface area contributed by atoms with Crippen LogP contribution in [0, 0.1) is 0 Å². The number of quaternary nitrogens is 1. The number of carbonyl (C=O) groups excluding carboxylic acids is 2. The maximum absolute atomic E-state index is 12.1. The van der Waals surface area contributed by atoms with Crippen molar-refractivity contribution in [3.8, 4) is 0 Å². The van der Waals surface area contributed by atoms with E-state index in [1.807, 2.05) is 6.92 Å². The van der Waals surface area contributed by atoms with Crippen LogP contribution in [0.25, 0.3) is 0 Å². The highest BCUT2D eigenvalue weighted by Crippen LogP contribution is 2.27. The van der Waals surface area contributed by atoms with E-state index in [1.54, 1.807) is 34.9 Å². The maximum atomic E-state index is 12.1.